The average Bonchev–Trinajstić information content (AvgIpc) is 2.50. The lowest BCUT2D eigenvalue weighted by Gasteiger charge is -2.53. The molecule has 2 nitrogen and oxygen atoms in total. The summed E-state index contributed by atoms with van der Waals surface area (Å²) in [4.78, 5) is 0. The average molecular weight is 367 g/mol. The minimum atomic E-state index is -0.332. The van der Waals surface area contributed by atoms with Gasteiger partial charge in [-0.3, -0.25) is 0 Å². The molecule has 0 aromatic carbocycles. The zero-order valence-electron chi connectivity index (χ0n) is 18.7. The van der Waals surface area contributed by atoms with Crippen LogP contribution in [0.4, 0.5) is 0 Å². The topological polar surface area (TPSA) is 40.5 Å². The molecule has 0 amide bonds. The van der Waals surface area contributed by atoms with Crippen LogP contribution in [0.3, 0.4) is 0 Å². The fraction of sp³-hybridized carbons (Fsp3) is 1.00. The van der Waals surface area contributed by atoms with Crippen molar-refractivity contribution in [3.8, 4) is 0 Å². The highest BCUT2D eigenvalue weighted by Crippen LogP contribution is 2.51. The minimum absolute atomic E-state index is 0.0903. The van der Waals surface area contributed by atoms with Gasteiger partial charge in [-0.05, 0) is 78.9 Å². The number of hydrogen-bond acceptors (Lipinski definition) is 2. The van der Waals surface area contributed by atoms with E-state index in [-0.39, 0.29) is 18.1 Å². The molecule has 0 heterocycles. The number of aliphatic hydroxyl groups is 2. The second kappa shape index (κ2) is 8.95. The summed E-state index contributed by atoms with van der Waals surface area (Å²) in [5.74, 6) is 4.74. The monoisotopic (exact) mass is 366 g/mol. The molecule has 2 heteroatoms. The van der Waals surface area contributed by atoms with Crippen molar-refractivity contribution in [2.45, 2.75) is 93.3 Å². The van der Waals surface area contributed by atoms with Crippen LogP contribution < -0.4 is 0 Å². The Kier molecular flexibility index (Phi) is 7.64. The number of aliphatic hydroxyl groups excluding tert-OH is 2. The predicted molar refractivity (Wildman–Crippen MR) is 111 cm³/mol. The number of hydrogen-bond donors (Lipinski definition) is 2. The lowest BCUT2D eigenvalue weighted by atomic mass is 9.55. The van der Waals surface area contributed by atoms with Gasteiger partial charge in [0, 0.05) is 5.92 Å². The van der Waals surface area contributed by atoms with Crippen LogP contribution in [-0.2, 0) is 0 Å². The second-order valence-corrected chi connectivity index (χ2v) is 10.9. The molecule has 0 radical (unpaired) electrons. The van der Waals surface area contributed by atoms with E-state index in [4.69, 9.17) is 0 Å². The predicted octanol–water partition coefficient (Wildman–Crippen LogP) is 5.62. The van der Waals surface area contributed by atoms with Crippen molar-refractivity contribution in [1.29, 1.82) is 0 Å². The molecule has 0 bridgehead atoms. The van der Waals surface area contributed by atoms with Crippen LogP contribution in [0.1, 0.15) is 81.1 Å². The van der Waals surface area contributed by atoms with Crippen molar-refractivity contribution in [3.63, 3.8) is 0 Å². The Hall–Kier alpha value is -0.0800. The van der Waals surface area contributed by atoms with Crippen LogP contribution >= 0.6 is 0 Å². The fourth-order valence-corrected chi connectivity index (χ4v) is 7.37. The Morgan fingerprint density at radius 2 is 0.846 bits per heavy atom. The molecule has 2 fully saturated rings. The lowest BCUT2D eigenvalue weighted by molar-refractivity contribution is -0.146. The molecule has 2 N–H and O–H groups in total. The maximum Gasteiger partial charge on any atom is 0.0626 e. The van der Waals surface area contributed by atoms with Gasteiger partial charge in [0.05, 0.1) is 12.2 Å². The number of fused-ring (bicyclic) bond motifs is 1. The lowest BCUT2D eigenvalue weighted by Crippen LogP contribution is -2.54. The Morgan fingerprint density at radius 1 is 0.538 bits per heavy atom. The Labute approximate surface area is 163 Å². The second-order valence-electron chi connectivity index (χ2n) is 10.9. The van der Waals surface area contributed by atoms with Crippen molar-refractivity contribution in [2.24, 2.45) is 59.2 Å². The number of rotatable bonds is 6. The normalized spacial score (nSPS) is 36.0. The zero-order valence-corrected chi connectivity index (χ0v) is 18.7. The van der Waals surface area contributed by atoms with E-state index in [2.05, 4.69) is 55.4 Å². The summed E-state index contributed by atoms with van der Waals surface area (Å²) in [5.41, 5.74) is 0. The van der Waals surface area contributed by atoms with Crippen LogP contribution in [0.2, 0.25) is 0 Å². The Balaban J connectivity index is 2.24. The van der Waals surface area contributed by atoms with Crippen LogP contribution in [0.15, 0.2) is 0 Å². The highest BCUT2D eigenvalue weighted by molar-refractivity contribution is 5.00. The highest BCUT2D eigenvalue weighted by atomic mass is 16.3. The fourth-order valence-electron chi connectivity index (χ4n) is 7.37. The first-order valence-corrected chi connectivity index (χ1v) is 11.4. The summed E-state index contributed by atoms with van der Waals surface area (Å²) in [7, 11) is 0. The summed E-state index contributed by atoms with van der Waals surface area (Å²) in [6.07, 6.45) is 4.00. The zero-order chi connectivity index (χ0) is 19.8. The van der Waals surface area contributed by atoms with Crippen LogP contribution in [0, 0.1) is 59.2 Å². The summed E-state index contributed by atoms with van der Waals surface area (Å²) in [5, 5.41) is 22.8. The molecule has 2 aliphatic carbocycles. The third-order valence-electron chi connectivity index (χ3n) is 8.02. The first-order chi connectivity index (χ1) is 12.1. The largest absolute Gasteiger partial charge is 0.392 e. The van der Waals surface area contributed by atoms with E-state index in [1.54, 1.807) is 0 Å². The van der Waals surface area contributed by atoms with E-state index in [1.807, 2.05) is 0 Å². The quantitative estimate of drug-likeness (QED) is 0.641. The minimum Gasteiger partial charge on any atom is -0.392 e. The Bertz CT molecular complexity index is 374. The Morgan fingerprint density at radius 3 is 1.12 bits per heavy atom. The van der Waals surface area contributed by atoms with Crippen LogP contribution in [-0.4, -0.2) is 22.4 Å². The van der Waals surface area contributed by atoms with E-state index >= 15 is 0 Å². The van der Waals surface area contributed by atoms with Gasteiger partial charge in [0.2, 0.25) is 0 Å². The highest BCUT2D eigenvalue weighted by Gasteiger charge is 2.51. The van der Waals surface area contributed by atoms with Crippen LogP contribution in [0.25, 0.3) is 0 Å². The molecule has 0 spiro atoms. The molecule has 154 valence electrons. The first-order valence-electron chi connectivity index (χ1n) is 11.4. The maximum absolute atomic E-state index is 11.4. The molecule has 0 aromatic rings. The molecule has 4 atom stereocenters. The summed E-state index contributed by atoms with van der Waals surface area (Å²) >= 11 is 0. The first kappa shape index (κ1) is 22.2. The summed E-state index contributed by atoms with van der Waals surface area (Å²) in [6.45, 7) is 18.4. The van der Waals surface area contributed by atoms with Crippen LogP contribution in [0.5, 0.6) is 0 Å². The molecular formula is C24H46O2. The molecule has 0 saturated heterocycles. The van der Waals surface area contributed by atoms with E-state index < -0.39 is 0 Å². The van der Waals surface area contributed by atoms with Crippen molar-refractivity contribution in [3.05, 3.63) is 0 Å². The van der Waals surface area contributed by atoms with Gasteiger partial charge in [-0.15, -0.1) is 0 Å². The van der Waals surface area contributed by atoms with Gasteiger partial charge in [0.15, 0.2) is 0 Å². The van der Waals surface area contributed by atoms with E-state index in [0.717, 1.165) is 12.8 Å². The standard InChI is InChI=1S/C24H46O2/c1-13(2)20(14(3)4)18-11-9-17-10-12-19(21(15(5)6)16(7)8)24(26)22(17)23(18)25/h13-26H,9-12H2,1-8H3/t17?,18-,19-,22?,23?,24?/m1/s1. The van der Waals surface area contributed by atoms with Crippen molar-refractivity contribution < 1.29 is 10.2 Å². The van der Waals surface area contributed by atoms with Crippen molar-refractivity contribution in [2.75, 3.05) is 0 Å². The van der Waals surface area contributed by atoms with Crippen molar-refractivity contribution in [1.82, 2.24) is 0 Å². The third-order valence-corrected chi connectivity index (χ3v) is 8.02. The van der Waals surface area contributed by atoms with Gasteiger partial charge in [0.25, 0.3) is 0 Å². The molecule has 2 rings (SSSR count). The SMILES string of the molecule is CC(C)C(C(C)C)[C@H]1CCC2CC[C@H](C(C(C)C)C(C)C)C(O)C2C1O. The summed E-state index contributed by atoms with van der Waals surface area (Å²) < 4.78 is 0. The third kappa shape index (κ3) is 4.32. The molecule has 0 aromatic heterocycles. The van der Waals surface area contributed by atoms with Gasteiger partial charge in [0.1, 0.15) is 0 Å². The van der Waals surface area contributed by atoms with Gasteiger partial charge in [-0.1, -0.05) is 55.4 Å². The van der Waals surface area contributed by atoms with E-state index in [0.29, 0.717) is 53.3 Å². The van der Waals surface area contributed by atoms with Gasteiger partial charge in [-0.2, -0.15) is 0 Å². The van der Waals surface area contributed by atoms with E-state index in [1.165, 1.54) is 12.8 Å². The molecule has 2 saturated carbocycles. The molecular weight excluding hydrogens is 320 g/mol. The molecule has 2 aliphatic rings. The van der Waals surface area contributed by atoms with Gasteiger partial charge in [-0.25, -0.2) is 0 Å². The molecule has 2 unspecified atom stereocenters. The van der Waals surface area contributed by atoms with Crippen molar-refractivity contribution >= 4 is 0 Å². The van der Waals surface area contributed by atoms with E-state index in [9.17, 15) is 10.2 Å². The maximum atomic E-state index is 11.4. The molecule has 0 aliphatic heterocycles. The van der Waals surface area contributed by atoms with Gasteiger partial charge >= 0.3 is 0 Å². The molecule has 26 heavy (non-hydrogen) atoms. The summed E-state index contributed by atoms with van der Waals surface area (Å²) in [6, 6.07) is 0. The van der Waals surface area contributed by atoms with Gasteiger partial charge < -0.3 is 10.2 Å². The smallest absolute Gasteiger partial charge is 0.0626 e.